The van der Waals surface area contributed by atoms with Gasteiger partial charge >= 0.3 is 0 Å². The summed E-state index contributed by atoms with van der Waals surface area (Å²) < 4.78 is 0. The van der Waals surface area contributed by atoms with Crippen LogP contribution in [0.1, 0.15) is 38.9 Å². The first kappa shape index (κ1) is 13.1. The summed E-state index contributed by atoms with van der Waals surface area (Å²) in [4.78, 5) is 8.28. The predicted molar refractivity (Wildman–Crippen MR) is 63.9 cm³/mol. The molecule has 0 aliphatic rings. The summed E-state index contributed by atoms with van der Waals surface area (Å²) in [5.41, 5.74) is 0.907. The second-order valence-electron chi connectivity index (χ2n) is 4.19. The third kappa shape index (κ3) is 3.54. The van der Waals surface area contributed by atoms with E-state index in [1.54, 1.807) is 18.6 Å². The van der Waals surface area contributed by atoms with Crippen LogP contribution in [0.3, 0.4) is 0 Å². The molecule has 0 fully saturated rings. The van der Waals surface area contributed by atoms with Crippen LogP contribution in [0, 0.1) is 5.92 Å². The van der Waals surface area contributed by atoms with E-state index in [2.05, 4.69) is 29.1 Å². The van der Waals surface area contributed by atoms with E-state index >= 15 is 0 Å². The van der Waals surface area contributed by atoms with Crippen LogP contribution < -0.4 is 5.32 Å². The van der Waals surface area contributed by atoms with E-state index in [1.807, 2.05) is 6.92 Å². The van der Waals surface area contributed by atoms with Gasteiger partial charge in [0.1, 0.15) is 0 Å². The molecule has 0 radical (unpaired) electrons. The molecular weight excluding hydrogens is 202 g/mol. The highest BCUT2D eigenvalue weighted by Crippen LogP contribution is 2.13. The Kier molecular flexibility index (Phi) is 5.35. The Labute approximate surface area is 97.1 Å². The zero-order valence-corrected chi connectivity index (χ0v) is 10.2. The van der Waals surface area contributed by atoms with Crippen molar-refractivity contribution in [2.24, 2.45) is 5.92 Å². The van der Waals surface area contributed by atoms with Gasteiger partial charge in [-0.05, 0) is 12.8 Å². The molecular formula is C12H21N3O. The molecule has 1 aromatic rings. The maximum Gasteiger partial charge on any atom is 0.0753 e. The maximum atomic E-state index is 9.32. The highest BCUT2D eigenvalue weighted by molar-refractivity contribution is 5.01. The summed E-state index contributed by atoms with van der Waals surface area (Å²) in [5, 5.41) is 12.7. The van der Waals surface area contributed by atoms with Gasteiger partial charge in [-0.15, -0.1) is 0 Å². The van der Waals surface area contributed by atoms with Crippen LogP contribution in [-0.4, -0.2) is 27.7 Å². The zero-order chi connectivity index (χ0) is 12.0. The van der Waals surface area contributed by atoms with Gasteiger partial charge in [0.05, 0.1) is 12.3 Å². The van der Waals surface area contributed by atoms with Crippen molar-refractivity contribution in [1.29, 1.82) is 0 Å². The number of rotatable bonds is 6. The van der Waals surface area contributed by atoms with E-state index < -0.39 is 0 Å². The molecule has 0 amide bonds. The van der Waals surface area contributed by atoms with Crippen LogP contribution in [0.2, 0.25) is 0 Å². The lowest BCUT2D eigenvalue weighted by molar-refractivity contribution is 0.192. The molecule has 0 bridgehead atoms. The third-order valence-electron chi connectivity index (χ3n) is 3.02. The number of aliphatic hydroxyl groups excluding tert-OH is 1. The van der Waals surface area contributed by atoms with E-state index in [4.69, 9.17) is 0 Å². The Morgan fingerprint density at radius 3 is 2.62 bits per heavy atom. The number of hydrogen-bond donors (Lipinski definition) is 2. The minimum atomic E-state index is 0.111. The standard InChI is InChI=1S/C12H21N3O/c1-4-9(2)12(8-16)15-10(3)11-7-13-5-6-14-11/h5-7,9-10,12,15-16H,4,8H2,1-3H3. The number of aliphatic hydroxyl groups is 1. The Morgan fingerprint density at radius 1 is 1.38 bits per heavy atom. The van der Waals surface area contributed by atoms with Crippen molar-refractivity contribution >= 4 is 0 Å². The van der Waals surface area contributed by atoms with E-state index in [0.717, 1.165) is 12.1 Å². The largest absolute Gasteiger partial charge is 0.395 e. The highest BCUT2D eigenvalue weighted by atomic mass is 16.3. The lowest BCUT2D eigenvalue weighted by Gasteiger charge is -2.25. The Balaban J connectivity index is 2.59. The average molecular weight is 223 g/mol. The molecule has 16 heavy (non-hydrogen) atoms. The molecule has 0 aromatic carbocycles. The number of nitrogens with one attached hydrogen (secondary N) is 1. The van der Waals surface area contributed by atoms with Crippen LogP contribution in [0.15, 0.2) is 18.6 Å². The van der Waals surface area contributed by atoms with Gasteiger partial charge in [0.15, 0.2) is 0 Å². The highest BCUT2D eigenvalue weighted by Gasteiger charge is 2.18. The van der Waals surface area contributed by atoms with Crippen molar-refractivity contribution in [3.05, 3.63) is 24.3 Å². The zero-order valence-electron chi connectivity index (χ0n) is 10.2. The monoisotopic (exact) mass is 223 g/mol. The summed E-state index contributed by atoms with van der Waals surface area (Å²) in [6.45, 7) is 6.45. The van der Waals surface area contributed by atoms with Gasteiger partial charge in [-0.2, -0.15) is 0 Å². The van der Waals surface area contributed by atoms with E-state index in [-0.39, 0.29) is 18.7 Å². The summed E-state index contributed by atoms with van der Waals surface area (Å²) in [5.74, 6) is 0.448. The van der Waals surface area contributed by atoms with Crippen molar-refractivity contribution in [3.8, 4) is 0 Å². The number of hydrogen-bond acceptors (Lipinski definition) is 4. The minimum Gasteiger partial charge on any atom is -0.395 e. The average Bonchev–Trinajstić information content (AvgIpc) is 2.35. The maximum absolute atomic E-state index is 9.32. The number of nitrogens with zero attached hydrogens (tertiary/aromatic N) is 2. The normalized spacial score (nSPS) is 16.8. The molecule has 1 aromatic heterocycles. The predicted octanol–water partition coefficient (Wildman–Crippen LogP) is 1.53. The molecule has 4 nitrogen and oxygen atoms in total. The van der Waals surface area contributed by atoms with Gasteiger partial charge in [0, 0.05) is 30.7 Å². The molecule has 3 unspecified atom stereocenters. The fourth-order valence-corrected chi connectivity index (χ4v) is 1.62. The van der Waals surface area contributed by atoms with Crippen LogP contribution in [0.25, 0.3) is 0 Å². The van der Waals surface area contributed by atoms with Crippen molar-refractivity contribution in [2.75, 3.05) is 6.61 Å². The summed E-state index contributed by atoms with van der Waals surface area (Å²) in [7, 11) is 0. The fourth-order valence-electron chi connectivity index (χ4n) is 1.62. The van der Waals surface area contributed by atoms with Crippen LogP contribution in [0.5, 0.6) is 0 Å². The van der Waals surface area contributed by atoms with E-state index in [9.17, 15) is 5.11 Å². The molecule has 1 heterocycles. The lowest BCUT2D eigenvalue weighted by atomic mass is 9.99. The third-order valence-corrected chi connectivity index (χ3v) is 3.02. The lowest BCUT2D eigenvalue weighted by Crippen LogP contribution is -2.39. The first-order valence-electron chi connectivity index (χ1n) is 5.81. The van der Waals surface area contributed by atoms with Crippen molar-refractivity contribution < 1.29 is 5.11 Å². The quantitative estimate of drug-likeness (QED) is 0.768. The van der Waals surface area contributed by atoms with Gasteiger partial charge in [-0.1, -0.05) is 20.3 Å². The van der Waals surface area contributed by atoms with Crippen LogP contribution in [0.4, 0.5) is 0 Å². The van der Waals surface area contributed by atoms with Gasteiger partial charge in [0.25, 0.3) is 0 Å². The topological polar surface area (TPSA) is 58.0 Å². The molecule has 0 saturated carbocycles. The smallest absolute Gasteiger partial charge is 0.0753 e. The Hall–Kier alpha value is -1.00. The summed E-state index contributed by atoms with van der Waals surface area (Å²) in [6, 6.07) is 0.224. The molecule has 4 heteroatoms. The Bertz CT molecular complexity index is 292. The molecule has 0 spiro atoms. The molecule has 3 atom stereocenters. The van der Waals surface area contributed by atoms with Crippen LogP contribution >= 0.6 is 0 Å². The molecule has 2 N–H and O–H groups in total. The van der Waals surface area contributed by atoms with Crippen molar-refractivity contribution in [3.63, 3.8) is 0 Å². The second-order valence-corrected chi connectivity index (χ2v) is 4.19. The second kappa shape index (κ2) is 6.55. The minimum absolute atomic E-state index is 0.111. The van der Waals surface area contributed by atoms with Gasteiger partial charge in [0.2, 0.25) is 0 Å². The van der Waals surface area contributed by atoms with Gasteiger partial charge < -0.3 is 10.4 Å². The number of aromatic nitrogens is 2. The van der Waals surface area contributed by atoms with Crippen molar-refractivity contribution in [2.45, 2.75) is 39.3 Å². The molecule has 0 aliphatic carbocycles. The summed E-state index contributed by atoms with van der Waals surface area (Å²) in [6.07, 6.45) is 6.15. The van der Waals surface area contributed by atoms with Crippen molar-refractivity contribution in [1.82, 2.24) is 15.3 Å². The molecule has 90 valence electrons. The fraction of sp³-hybridized carbons (Fsp3) is 0.667. The van der Waals surface area contributed by atoms with Gasteiger partial charge in [-0.25, -0.2) is 0 Å². The molecule has 0 aliphatic heterocycles. The van der Waals surface area contributed by atoms with Gasteiger partial charge in [-0.3, -0.25) is 9.97 Å². The first-order chi connectivity index (χ1) is 7.69. The van der Waals surface area contributed by atoms with Crippen LogP contribution in [-0.2, 0) is 0 Å². The molecule has 0 saturated heterocycles. The van der Waals surface area contributed by atoms with E-state index in [1.165, 1.54) is 0 Å². The summed E-state index contributed by atoms with van der Waals surface area (Å²) >= 11 is 0. The first-order valence-corrected chi connectivity index (χ1v) is 5.81. The van der Waals surface area contributed by atoms with E-state index in [0.29, 0.717) is 5.92 Å². The SMILES string of the molecule is CCC(C)C(CO)NC(C)c1cnccn1. The molecule has 1 rings (SSSR count). The Morgan fingerprint density at radius 2 is 2.12 bits per heavy atom.